The number of nitrogens with zero attached hydrogens (tertiary/aromatic N) is 2. The van der Waals surface area contributed by atoms with Crippen LogP contribution >= 0.6 is 0 Å². The molecule has 0 spiro atoms. The molecule has 0 aromatic heterocycles. The van der Waals surface area contributed by atoms with Crippen molar-refractivity contribution in [3.8, 4) is 0 Å². The molecule has 0 aliphatic rings. The van der Waals surface area contributed by atoms with Crippen molar-refractivity contribution in [2.75, 3.05) is 13.7 Å². The summed E-state index contributed by atoms with van der Waals surface area (Å²) in [6, 6.07) is 18.6. The van der Waals surface area contributed by atoms with Crippen molar-refractivity contribution in [1.29, 1.82) is 0 Å². The molecule has 2 aromatic carbocycles. The molecule has 1 atom stereocenters. The lowest BCUT2D eigenvalue weighted by molar-refractivity contribution is -0.136. The minimum atomic E-state index is -2.98. The van der Waals surface area contributed by atoms with Gasteiger partial charge in [-0.2, -0.15) is 4.79 Å². The van der Waals surface area contributed by atoms with Crippen LogP contribution in [0.3, 0.4) is 0 Å². The number of Topliss-reactive ketones (excluding diaryl/α,β-unsaturated/α-hetero) is 1. The van der Waals surface area contributed by atoms with Gasteiger partial charge < -0.3 is 25.1 Å². The summed E-state index contributed by atoms with van der Waals surface area (Å²) in [5, 5.41) is 13.3. The number of nitrogens with one attached hydrogen (secondary N) is 1. The average Bonchev–Trinajstić information content (AvgIpc) is 2.80. The molecular formula is C24H29N3O6Si. The minimum Gasteiger partial charge on any atom is -0.472 e. The van der Waals surface area contributed by atoms with E-state index in [9.17, 15) is 14.4 Å². The van der Waals surface area contributed by atoms with Crippen LogP contribution in [-0.2, 0) is 18.8 Å². The Labute approximate surface area is 199 Å². The smallest absolute Gasteiger partial charge is 0.441 e. The van der Waals surface area contributed by atoms with E-state index in [1.54, 1.807) is 0 Å². The Bertz CT molecular complexity index is 1020. The lowest BCUT2D eigenvalue weighted by Gasteiger charge is -2.43. The second kappa shape index (κ2) is 11.5. The third-order valence-electron chi connectivity index (χ3n) is 5.42. The monoisotopic (exact) mass is 483 g/mol. The second-order valence-electron chi connectivity index (χ2n) is 8.69. The van der Waals surface area contributed by atoms with Gasteiger partial charge in [0.15, 0.2) is 0 Å². The number of hydrogen-bond acceptors (Lipinski definition) is 5. The maximum absolute atomic E-state index is 12.4. The number of carboxylic acids is 1. The summed E-state index contributed by atoms with van der Waals surface area (Å²) >= 11 is 0. The molecule has 1 unspecified atom stereocenters. The molecule has 0 saturated carbocycles. The number of alkyl carbamates (subject to hydrolysis) is 1. The van der Waals surface area contributed by atoms with Gasteiger partial charge in [-0.3, -0.25) is 4.79 Å². The molecule has 180 valence electrons. The van der Waals surface area contributed by atoms with E-state index >= 15 is 0 Å². The maximum Gasteiger partial charge on any atom is 0.441 e. The number of methoxy groups -OCH3 is 1. The molecule has 1 amide bonds. The molecule has 34 heavy (non-hydrogen) atoms. The highest BCUT2D eigenvalue weighted by Gasteiger charge is 2.50. The minimum absolute atomic E-state index is 0.105. The fourth-order valence-electron chi connectivity index (χ4n) is 3.90. The van der Waals surface area contributed by atoms with Gasteiger partial charge in [0.05, 0.1) is 19.8 Å². The van der Waals surface area contributed by atoms with E-state index in [0.29, 0.717) is 0 Å². The van der Waals surface area contributed by atoms with Crippen molar-refractivity contribution in [2.24, 2.45) is 0 Å². The molecule has 0 aliphatic heterocycles. The number of aliphatic carboxylic acids is 1. The summed E-state index contributed by atoms with van der Waals surface area (Å²) in [5.41, 5.74) is 7.90. The first kappa shape index (κ1) is 26.7. The van der Waals surface area contributed by atoms with Gasteiger partial charge in [0.2, 0.25) is 0 Å². The normalized spacial score (nSPS) is 12.2. The van der Waals surface area contributed by atoms with E-state index < -0.39 is 44.3 Å². The quantitative estimate of drug-likeness (QED) is 0.174. The van der Waals surface area contributed by atoms with E-state index in [2.05, 4.69) is 35.6 Å². The van der Waals surface area contributed by atoms with Crippen LogP contribution in [0.1, 0.15) is 27.2 Å². The summed E-state index contributed by atoms with van der Waals surface area (Å²) in [6.07, 6.45) is -1.26. The van der Waals surface area contributed by atoms with E-state index in [4.69, 9.17) is 15.1 Å². The first-order valence-electron chi connectivity index (χ1n) is 10.6. The first-order chi connectivity index (χ1) is 16.1. The zero-order chi connectivity index (χ0) is 25.4. The van der Waals surface area contributed by atoms with Crippen molar-refractivity contribution >= 4 is 42.2 Å². The van der Waals surface area contributed by atoms with Gasteiger partial charge in [-0.1, -0.05) is 81.4 Å². The number of carbonyl (C=O) groups excluding carboxylic acids is 2. The molecule has 0 fully saturated rings. The summed E-state index contributed by atoms with van der Waals surface area (Å²) in [5.74, 6) is -2.63. The Morgan fingerprint density at radius 1 is 1.03 bits per heavy atom. The highest BCUT2D eigenvalue weighted by molar-refractivity contribution is 6.99. The van der Waals surface area contributed by atoms with Gasteiger partial charge in [-0.15, -0.1) is 0 Å². The zero-order valence-electron chi connectivity index (χ0n) is 19.6. The Balaban J connectivity index is 2.51. The Kier molecular flexibility index (Phi) is 9.02. The lowest BCUT2D eigenvalue weighted by atomic mass is 10.1. The number of ether oxygens (including phenoxy) is 1. The summed E-state index contributed by atoms with van der Waals surface area (Å²) in [6.45, 7) is 6.13. The largest absolute Gasteiger partial charge is 0.472 e. The third kappa shape index (κ3) is 6.05. The average molecular weight is 484 g/mol. The summed E-state index contributed by atoms with van der Waals surface area (Å²) < 4.78 is 11.4. The van der Waals surface area contributed by atoms with Crippen LogP contribution in [0.15, 0.2) is 60.7 Å². The standard InChI is InChI=1S/C24H29N3O6Si/c1-24(2,3)34(18-11-7-5-8-12-18,19-13-9-6-10-14-19)33-16-17(26-23(31)32-4)15-20(28)21(27-25)22(29)30/h5-14,17H,15-16H2,1-4H3,(H,26,31)(H,29,30). The van der Waals surface area contributed by atoms with Crippen LogP contribution in [0.25, 0.3) is 5.53 Å². The number of rotatable bonds is 10. The highest BCUT2D eigenvalue weighted by Crippen LogP contribution is 2.36. The summed E-state index contributed by atoms with van der Waals surface area (Å²) in [4.78, 5) is 38.2. The van der Waals surface area contributed by atoms with Crippen LogP contribution < -0.4 is 15.7 Å². The number of hydrogen-bond donors (Lipinski definition) is 2. The molecule has 10 heteroatoms. The van der Waals surface area contributed by atoms with E-state index in [1.807, 2.05) is 60.7 Å². The molecule has 0 aliphatic carbocycles. The van der Waals surface area contributed by atoms with Gasteiger partial charge in [0.1, 0.15) is 0 Å². The topological polar surface area (TPSA) is 138 Å². The number of carbonyl (C=O) groups is 3. The molecule has 2 N–H and O–H groups in total. The molecule has 0 radical (unpaired) electrons. The molecule has 2 rings (SSSR count). The van der Waals surface area contributed by atoms with Crippen molar-refractivity contribution in [2.45, 2.75) is 38.3 Å². The molecule has 9 nitrogen and oxygen atoms in total. The van der Waals surface area contributed by atoms with Crippen LogP contribution in [-0.4, -0.2) is 61.5 Å². The van der Waals surface area contributed by atoms with Gasteiger partial charge >= 0.3 is 17.8 Å². The molecule has 2 aromatic rings. The zero-order valence-corrected chi connectivity index (χ0v) is 20.6. The number of amides is 1. The number of ketones is 1. The first-order valence-corrected chi connectivity index (χ1v) is 12.6. The maximum atomic E-state index is 12.4. The fraction of sp³-hybridized carbons (Fsp3) is 0.333. The van der Waals surface area contributed by atoms with Crippen molar-refractivity contribution in [1.82, 2.24) is 5.32 Å². The van der Waals surface area contributed by atoms with Gasteiger partial charge in [0, 0.05) is 6.42 Å². The van der Waals surface area contributed by atoms with Crippen molar-refractivity contribution in [3.05, 3.63) is 66.2 Å². The van der Waals surface area contributed by atoms with Crippen LogP contribution in [0, 0.1) is 0 Å². The number of carboxylic acid groups (broad SMARTS) is 1. The van der Waals surface area contributed by atoms with E-state index in [1.165, 1.54) is 7.11 Å². The SMILES string of the molecule is COC(=O)NC(CO[Si](c1ccccc1)(c1ccccc1)C(C)(C)C)CC(=O)C(=[N+]=[N-])C(=O)O. The molecular weight excluding hydrogens is 454 g/mol. The second-order valence-corrected chi connectivity index (χ2v) is 13.0. The summed E-state index contributed by atoms with van der Waals surface area (Å²) in [7, 11) is -1.81. The lowest BCUT2D eigenvalue weighted by Crippen LogP contribution is -2.67. The third-order valence-corrected chi connectivity index (χ3v) is 10.4. The van der Waals surface area contributed by atoms with Gasteiger partial charge in [-0.25, -0.2) is 9.59 Å². The Hall–Kier alpha value is -3.59. The van der Waals surface area contributed by atoms with Crippen LogP contribution in [0.4, 0.5) is 4.79 Å². The van der Waals surface area contributed by atoms with Crippen LogP contribution in [0.5, 0.6) is 0 Å². The Morgan fingerprint density at radius 2 is 1.53 bits per heavy atom. The fourth-order valence-corrected chi connectivity index (χ4v) is 8.51. The predicted molar refractivity (Wildman–Crippen MR) is 129 cm³/mol. The molecule has 0 saturated heterocycles. The van der Waals surface area contributed by atoms with E-state index in [-0.39, 0.29) is 11.6 Å². The van der Waals surface area contributed by atoms with Crippen LogP contribution in [0.2, 0.25) is 5.04 Å². The van der Waals surface area contributed by atoms with Gasteiger partial charge in [0.25, 0.3) is 14.1 Å². The molecule has 0 bridgehead atoms. The van der Waals surface area contributed by atoms with Crippen molar-refractivity contribution in [3.63, 3.8) is 0 Å². The number of benzene rings is 2. The van der Waals surface area contributed by atoms with Gasteiger partial charge in [-0.05, 0) is 15.4 Å². The Morgan fingerprint density at radius 3 is 1.91 bits per heavy atom. The van der Waals surface area contributed by atoms with E-state index in [0.717, 1.165) is 10.4 Å². The molecule has 0 heterocycles. The highest BCUT2D eigenvalue weighted by atomic mass is 28.4. The van der Waals surface area contributed by atoms with Crippen molar-refractivity contribution < 1.29 is 33.4 Å². The predicted octanol–water partition coefficient (Wildman–Crippen LogP) is 2.00.